The predicted molar refractivity (Wildman–Crippen MR) is 77.2 cm³/mol. The van der Waals surface area contributed by atoms with Gasteiger partial charge in [-0.15, -0.1) is 0 Å². The lowest BCUT2D eigenvalue weighted by molar-refractivity contribution is -0.146. The summed E-state index contributed by atoms with van der Waals surface area (Å²) >= 11 is 0. The second-order valence-electron chi connectivity index (χ2n) is 4.20. The average Bonchev–Trinajstić information content (AvgIpc) is 2.47. The monoisotopic (exact) mass is 281 g/mol. The van der Waals surface area contributed by atoms with E-state index in [4.69, 9.17) is 14.2 Å². The minimum Gasteiger partial charge on any atom is -0.490 e. The van der Waals surface area contributed by atoms with Gasteiger partial charge >= 0.3 is 5.97 Å². The van der Waals surface area contributed by atoms with Gasteiger partial charge < -0.3 is 19.5 Å². The predicted octanol–water partition coefficient (Wildman–Crippen LogP) is 2.01. The standard InChI is InChI=1S/C15H23NO4/c1-4-10-19-13-8-6-7-9-14(13)20-11-12(16-3)15(17)18-5-2/h6-9,12,16H,4-5,10-11H2,1-3H3. The van der Waals surface area contributed by atoms with Crippen molar-refractivity contribution in [3.8, 4) is 11.5 Å². The molecule has 0 spiro atoms. The molecular weight excluding hydrogens is 258 g/mol. The summed E-state index contributed by atoms with van der Waals surface area (Å²) in [6, 6.07) is 6.94. The van der Waals surface area contributed by atoms with E-state index in [1.165, 1.54) is 0 Å². The number of nitrogens with one attached hydrogen (secondary N) is 1. The van der Waals surface area contributed by atoms with Gasteiger partial charge in [-0.1, -0.05) is 19.1 Å². The summed E-state index contributed by atoms with van der Waals surface area (Å²) in [7, 11) is 1.70. The zero-order valence-corrected chi connectivity index (χ0v) is 12.3. The van der Waals surface area contributed by atoms with Crippen molar-refractivity contribution >= 4 is 5.97 Å². The molecule has 0 aromatic heterocycles. The van der Waals surface area contributed by atoms with Crippen LogP contribution in [-0.4, -0.2) is 38.9 Å². The van der Waals surface area contributed by atoms with Crippen LogP contribution in [0, 0.1) is 0 Å². The Labute approximate surface area is 120 Å². The molecule has 112 valence electrons. The van der Waals surface area contributed by atoms with Crippen molar-refractivity contribution in [3.63, 3.8) is 0 Å². The largest absolute Gasteiger partial charge is 0.490 e. The van der Waals surface area contributed by atoms with Crippen LogP contribution in [0.2, 0.25) is 0 Å². The molecule has 1 atom stereocenters. The first-order chi connectivity index (χ1) is 9.72. The highest BCUT2D eigenvalue weighted by atomic mass is 16.5. The van der Waals surface area contributed by atoms with Crippen LogP contribution in [0.1, 0.15) is 20.3 Å². The number of rotatable bonds is 9. The third kappa shape index (κ3) is 5.09. The maximum Gasteiger partial charge on any atom is 0.326 e. The van der Waals surface area contributed by atoms with Gasteiger partial charge in [0.15, 0.2) is 11.5 Å². The molecule has 0 radical (unpaired) electrons. The number of ether oxygens (including phenoxy) is 3. The van der Waals surface area contributed by atoms with Crippen LogP contribution in [0.15, 0.2) is 24.3 Å². The van der Waals surface area contributed by atoms with Gasteiger partial charge in [0.25, 0.3) is 0 Å². The number of benzene rings is 1. The lowest BCUT2D eigenvalue weighted by atomic mass is 10.3. The molecular formula is C15H23NO4. The summed E-state index contributed by atoms with van der Waals surface area (Å²) in [5.41, 5.74) is 0. The second-order valence-corrected chi connectivity index (χ2v) is 4.20. The molecule has 0 saturated carbocycles. The Hall–Kier alpha value is -1.75. The molecule has 1 N–H and O–H groups in total. The summed E-state index contributed by atoms with van der Waals surface area (Å²) in [4.78, 5) is 11.7. The maximum atomic E-state index is 11.7. The molecule has 0 aliphatic rings. The van der Waals surface area contributed by atoms with Crippen LogP contribution >= 0.6 is 0 Å². The highest BCUT2D eigenvalue weighted by molar-refractivity contribution is 5.75. The number of carbonyl (C=O) groups is 1. The first-order valence-corrected chi connectivity index (χ1v) is 6.91. The molecule has 20 heavy (non-hydrogen) atoms. The second kappa shape index (κ2) is 9.20. The van der Waals surface area contributed by atoms with Gasteiger partial charge in [-0.25, -0.2) is 0 Å². The fourth-order valence-corrected chi connectivity index (χ4v) is 1.59. The normalized spacial score (nSPS) is 11.8. The van der Waals surface area contributed by atoms with Crippen molar-refractivity contribution in [3.05, 3.63) is 24.3 Å². The lowest BCUT2D eigenvalue weighted by Crippen LogP contribution is -2.40. The van der Waals surface area contributed by atoms with Crippen molar-refractivity contribution in [2.45, 2.75) is 26.3 Å². The van der Waals surface area contributed by atoms with Crippen molar-refractivity contribution in [2.75, 3.05) is 26.9 Å². The summed E-state index contributed by atoms with van der Waals surface area (Å²) < 4.78 is 16.2. The molecule has 0 amide bonds. The van der Waals surface area contributed by atoms with E-state index in [9.17, 15) is 4.79 Å². The number of hydrogen-bond donors (Lipinski definition) is 1. The molecule has 0 fully saturated rings. The Morgan fingerprint density at radius 3 is 2.40 bits per heavy atom. The van der Waals surface area contributed by atoms with Crippen LogP contribution in [-0.2, 0) is 9.53 Å². The number of likely N-dealkylation sites (N-methyl/N-ethyl adjacent to an activating group) is 1. The minimum absolute atomic E-state index is 0.196. The van der Waals surface area contributed by atoms with Crippen LogP contribution in [0.3, 0.4) is 0 Å². The summed E-state index contributed by atoms with van der Waals surface area (Å²) in [6.45, 7) is 5.00. The summed E-state index contributed by atoms with van der Waals surface area (Å²) in [5, 5.41) is 2.88. The minimum atomic E-state index is -0.491. The van der Waals surface area contributed by atoms with Crippen LogP contribution in [0.5, 0.6) is 11.5 Å². The molecule has 0 saturated heterocycles. The molecule has 0 aliphatic carbocycles. The fraction of sp³-hybridized carbons (Fsp3) is 0.533. The highest BCUT2D eigenvalue weighted by Crippen LogP contribution is 2.26. The van der Waals surface area contributed by atoms with Gasteiger partial charge in [0, 0.05) is 0 Å². The first kappa shape index (κ1) is 16.3. The molecule has 0 heterocycles. The Morgan fingerprint density at radius 1 is 1.20 bits per heavy atom. The molecule has 1 rings (SSSR count). The highest BCUT2D eigenvalue weighted by Gasteiger charge is 2.19. The van der Waals surface area contributed by atoms with E-state index < -0.39 is 6.04 Å². The molecule has 0 bridgehead atoms. The van der Waals surface area contributed by atoms with E-state index >= 15 is 0 Å². The van der Waals surface area contributed by atoms with Crippen molar-refractivity contribution in [1.82, 2.24) is 5.32 Å². The molecule has 0 aliphatic heterocycles. The number of carbonyl (C=O) groups excluding carboxylic acids is 1. The summed E-state index contributed by atoms with van der Waals surface area (Å²) in [5.74, 6) is 1.00. The summed E-state index contributed by atoms with van der Waals surface area (Å²) in [6.07, 6.45) is 0.927. The van der Waals surface area contributed by atoms with Crippen molar-refractivity contribution < 1.29 is 19.0 Å². The SMILES string of the molecule is CCCOc1ccccc1OCC(NC)C(=O)OCC. The molecule has 1 unspecified atom stereocenters. The molecule has 1 aromatic carbocycles. The molecule has 1 aromatic rings. The smallest absolute Gasteiger partial charge is 0.326 e. The Kier molecular flexibility index (Phi) is 7.50. The first-order valence-electron chi connectivity index (χ1n) is 6.91. The van der Waals surface area contributed by atoms with Crippen molar-refractivity contribution in [2.24, 2.45) is 0 Å². The van der Waals surface area contributed by atoms with Gasteiger partial charge in [0.2, 0.25) is 0 Å². The topological polar surface area (TPSA) is 56.8 Å². The van der Waals surface area contributed by atoms with E-state index in [0.29, 0.717) is 24.7 Å². The van der Waals surface area contributed by atoms with E-state index in [2.05, 4.69) is 5.32 Å². The maximum absolute atomic E-state index is 11.7. The quantitative estimate of drug-likeness (QED) is 0.702. The Bertz CT molecular complexity index is 409. The average molecular weight is 281 g/mol. The van der Waals surface area contributed by atoms with Crippen molar-refractivity contribution in [1.29, 1.82) is 0 Å². The number of hydrogen-bond acceptors (Lipinski definition) is 5. The van der Waals surface area contributed by atoms with E-state index in [0.717, 1.165) is 6.42 Å². The lowest BCUT2D eigenvalue weighted by Gasteiger charge is -2.17. The Morgan fingerprint density at radius 2 is 1.85 bits per heavy atom. The van der Waals surface area contributed by atoms with Gasteiger partial charge in [0.05, 0.1) is 13.2 Å². The van der Waals surface area contributed by atoms with Gasteiger partial charge in [-0.05, 0) is 32.5 Å². The number of para-hydroxylation sites is 2. The zero-order chi connectivity index (χ0) is 14.8. The molecule has 5 nitrogen and oxygen atoms in total. The van der Waals surface area contributed by atoms with Gasteiger partial charge in [-0.3, -0.25) is 4.79 Å². The van der Waals surface area contributed by atoms with Crippen LogP contribution in [0.25, 0.3) is 0 Å². The van der Waals surface area contributed by atoms with Crippen LogP contribution < -0.4 is 14.8 Å². The third-order valence-electron chi connectivity index (χ3n) is 2.64. The van der Waals surface area contributed by atoms with E-state index in [1.54, 1.807) is 14.0 Å². The zero-order valence-electron chi connectivity index (χ0n) is 12.3. The van der Waals surface area contributed by atoms with Gasteiger partial charge in [0.1, 0.15) is 12.6 Å². The molecule has 5 heteroatoms. The third-order valence-corrected chi connectivity index (χ3v) is 2.64. The van der Waals surface area contributed by atoms with Crippen LogP contribution in [0.4, 0.5) is 0 Å². The van der Waals surface area contributed by atoms with E-state index in [-0.39, 0.29) is 12.6 Å². The number of esters is 1. The van der Waals surface area contributed by atoms with Gasteiger partial charge in [-0.2, -0.15) is 0 Å². The Balaban J connectivity index is 2.61. The van der Waals surface area contributed by atoms with E-state index in [1.807, 2.05) is 31.2 Å². The fourth-order valence-electron chi connectivity index (χ4n) is 1.59.